The smallest absolute Gasteiger partial charge is 0.0319 e. The van der Waals surface area contributed by atoms with Crippen LogP contribution in [0.5, 0.6) is 0 Å². The molecular weight excluding hydrogens is 248 g/mol. The fraction of sp³-hybridized carbons (Fsp3) is 1.00. The summed E-state index contributed by atoms with van der Waals surface area (Å²) in [7, 11) is 2.00. The highest BCUT2D eigenvalue weighted by Gasteiger charge is 2.22. The van der Waals surface area contributed by atoms with E-state index in [1.807, 2.05) is 0 Å². The molecule has 2 fully saturated rings. The zero-order valence-corrected chi connectivity index (χ0v) is 13.9. The summed E-state index contributed by atoms with van der Waals surface area (Å²) in [5.74, 6) is 2.22. The standard InChI is InChI=1S/C16H30.2CH4O/c1-3-7-11-15(12-8-4-1)16-13-9-5-2-6-10-14-16;2*1-2/h15-16H,1-14H2;2*2H,1H3. The van der Waals surface area contributed by atoms with Crippen molar-refractivity contribution < 1.29 is 10.2 Å². The van der Waals surface area contributed by atoms with Crippen molar-refractivity contribution in [1.29, 1.82) is 0 Å². The molecule has 0 spiro atoms. The van der Waals surface area contributed by atoms with E-state index in [-0.39, 0.29) is 0 Å². The number of aliphatic hydroxyl groups is 2. The molecule has 2 N–H and O–H groups in total. The molecule has 0 bridgehead atoms. The lowest BCUT2D eigenvalue weighted by molar-refractivity contribution is 0.221. The van der Waals surface area contributed by atoms with E-state index in [2.05, 4.69) is 0 Å². The van der Waals surface area contributed by atoms with Crippen molar-refractivity contribution >= 4 is 0 Å². The van der Waals surface area contributed by atoms with Gasteiger partial charge >= 0.3 is 0 Å². The fourth-order valence-corrected chi connectivity index (χ4v) is 3.92. The van der Waals surface area contributed by atoms with Crippen LogP contribution in [0.2, 0.25) is 0 Å². The molecule has 0 aliphatic heterocycles. The first-order valence-corrected chi connectivity index (χ1v) is 8.86. The third-order valence-electron chi connectivity index (χ3n) is 4.97. The predicted molar refractivity (Wildman–Crippen MR) is 87.9 cm³/mol. The Bertz CT molecular complexity index is 146. The van der Waals surface area contributed by atoms with Crippen LogP contribution in [0.4, 0.5) is 0 Å². The van der Waals surface area contributed by atoms with Gasteiger partial charge in [-0.3, -0.25) is 0 Å². The summed E-state index contributed by atoms with van der Waals surface area (Å²) in [4.78, 5) is 0. The van der Waals surface area contributed by atoms with Crippen LogP contribution in [-0.2, 0) is 0 Å². The summed E-state index contributed by atoms with van der Waals surface area (Å²) >= 11 is 0. The summed E-state index contributed by atoms with van der Waals surface area (Å²) in [6.45, 7) is 0. The Kier molecular flexibility index (Phi) is 15.3. The highest BCUT2D eigenvalue weighted by Crippen LogP contribution is 2.35. The Morgan fingerprint density at radius 2 is 0.600 bits per heavy atom. The Balaban J connectivity index is 0.000000829. The molecule has 0 aromatic carbocycles. The minimum atomic E-state index is 1.00. The topological polar surface area (TPSA) is 40.5 Å². The Hall–Kier alpha value is -0.0800. The molecule has 2 saturated carbocycles. The van der Waals surface area contributed by atoms with E-state index < -0.39 is 0 Å². The summed E-state index contributed by atoms with van der Waals surface area (Å²) in [6.07, 6.45) is 21.4. The van der Waals surface area contributed by atoms with Crippen molar-refractivity contribution in [3.63, 3.8) is 0 Å². The van der Waals surface area contributed by atoms with Gasteiger partial charge in [-0.1, -0.05) is 89.9 Å². The zero-order chi connectivity index (χ0) is 15.1. The van der Waals surface area contributed by atoms with E-state index in [0.29, 0.717) is 0 Å². The lowest BCUT2D eigenvalue weighted by Gasteiger charge is -2.30. The second-order valence-electron chi connectivity index (χ2n) is 6.21. The predicted octanol–water partition coefficient (Wildman–Crippen LogP) is 4.92. The first-order chi connectivity index (χ1) is 9.97. The van der Waals surface area contributed by atoms with Crippen LogP contribution in [0.25, 0.3) is 0 Å². The van der Waals surface area contributed by atoms with Gasteiger partial charge in [0, 0.05) is 14.2 Å². The SMILES string of the molecule is C1CCCC(C2CCCCCCC2)CCC1.CO.CO. The van der Waals surface area contributed by atoms with Crippen LogP contribution in [0.3, 0.4) is 0 Å². The van der Waals surface area contributed by atoms with Crippen LogP contribution in [0.1, 0.15) is 89.9 Å². The van der Waals surface area contributed by atoms with Gasteiger partial charge < -0.3 is 10.2 Å². The lowest BCUT2D eigenvalue weighted by atomic mass is 9.76. The summed E-state index contributed by atoms with van der Waals surface area (Å²) in [6, 6.07) is 0. The van der Waals surface area contributed by atoms with Gasteiger partial charge in [-0.05, 0) is 11.8 Å². The van der Waals surface area contributed by atoms with Crippen LogP contribution >= 0.6 is 0 Å². The molecule has 2 aliphatic rings. The maximum atomic E-state index is 7.00. The normalized spacial score (nSPS) is 22.8. The van der Waals surface area contributed by atoms with E-state index in [4.69, 9.17) is 10.2 Å². The molecule has 2 rings (SSSR count). The van der Waals surface area contributed by atoms with E-state index >= 15 is 0 Å². The Morgan fingerprint density at radius 3 is 0.850 bits per heavy atom. The molecular formula is C18H38O2. The van der Waals surface area contributed by atoms with Crippen molar-refractivity contribution in [3.8, 4) is 0 Å². The first kappa shape index (κ1) is 19.9. The summed E-state index contributed by atoms with van der Waals surface area (Å²) in [5, 5.41) is 14.0. The number of hydrogen-bond donors (Lipinski definition) is 2. The number of hydrogen-bond acceptors (Lipinski definition) is 2. The minimum Gasteiger partial charge on any atom is -0.400 e. The van der Waals surface area contributed by atoms with Crippen molar-refractivity contribution in [2.75, 3.05) is 14.2 Å². The molecule has 2 aliphatic carbocycles. The molecule has 0 heterocycles. The largest absolute Gasteiger partial charge is 0.400 e. The van der Waals surface area contributed by atoms with Crippen LogP contribution in [-0.4, -0.2) is 24.4 Å². The molecule has 0 saturated heterocycles. The molecule has 0 amide bonds. The lowest BCUT2D eigenvalue weighted by Crippen LogP contribution is -2.17. The van der Waals surface area contributed by atoms with Gasteiger partial charge in [0.25, 0.3) is 0 Å². The molecule has 2 nitrogen and oxygen atoms in total. The minimum absolute atomic E-state index is 1.00. The van der Waals surface area contributed by atoms with Crippen LogP contribution in [0.15, 0.2) is 0 Å². The van der Waals surface area contributed by atoms with Gasteiger partial charge in [0.1, 0.15) is 0 Å². The molecule has 2 heteroatoms. The average Bonchev–Trinajstić information content (AvgIpc) is 2.44. The van der Waals surface area contributed by atoms with Crippen LogP contribution in [0, 0.1) is 11.8 Å². The molecule has 0 unspecified atom stereocenters. The zero-order valence-electron chi connectivity index (χ0n) is 13.9. The van der Waals surface area contributed by atoms with Gasteiger partial charge in [-0.2, -0.15) is 0 Å². The quantitative estimate of drug-likeness (QED) is 0.718. The molecule has 0 aromatic heterocycles. The molecule has 0 aromatic rings. The molecule has 20 heavy (non-hydrogen) atoms. The first-order valence-electron chi connectivity index (χ1n) is 8.86. The molecule has 0 atom stereocenters. The Morgan fingerprint density at radius 1 is 0.400 bits per heavy atom. The van der Waals surface area contributed by atoms with Crippen molar-refractivity contribution in [3.05, 3.63) is 0 Å². The third-order valence-corrected chi connectivity index (χ3v) is 4.97. The number of aliphatic hydroxyl groups excluding tert-OH is 2. The van der Waals surface area contributed by atoms with Crippen molar-refractivity contribution in [2.45, 2.75) is 89.9 Å². The van der Waals surface area contributed by atoms with Crippen molar-refractivity contribution in [2.24, 2.45) is 11.8 Å². The highest BCUT2D eigenvalue weighted by atomic mass is 16.2. The van der Waals surface area contributed by atoms with Gasteiger partial charge in [0.2, 0.25) is 0 Å². The van der Waals surface area contributed by atoms with E-state index in [1.165, 1.54) is 64.2 Å². The summed E-state index contributed by atoms with van der Waals surface area (Å²) < 4.78 is 0. The average molecular weight is 286 g/mol. The number of rotatable bonds is 1. The monoisotopic (exact) mass is 286 g/mol. The van der Waals surface area contributed by atoms with Crippen molar-refractivity contribution in [1.82, 2.24) is 0 Å². The van der Waals surface area contributed by atoms with E-state index in [1.54, 1.807) is 25.7 Å². The Labute approximate surface area is 127 Å². The van der Waals surface area contributed by atoms with Gasteiger partial charge in [-0.25, -0.2) is 0 Å². The fourth-order valence-electron chi connectivity index (χ4n) is 3.92. The van der Waals surface area contributed by atoms with E-state index in [9.17, 15) is 0 Å². The highest BCUT2D eigenvalue weighted by molar-refractivity contribution is 4.74. The summed E-state index contributed by atoms with van der Waals surface area (Å²) in [5.41, 5.74) is 0. The van der Waals surface area contributed by atoms with E-state index in [0.717, 1.165) is 26.1 Å². The van der Waals surface area contributed by atoms with Crippen LogP contribution < -0.4 is 0 Å². The van der Waals surface area contributed by atoms with Gasteiger partial charge in [0.05, 0.1) is 0 Å². The molecule has 122 valence electrons. The van der Waals surface area contributed by atoms with Gasteiger partial charge in [0.15, 0.2) is 0 Å². The maximum absolute atomic E-state index is 7.00. The third kappa shape index (κ3) is 8.97. The molecule has 0 radical (unpaired) electrons. The second kappa shape index (κ2) is 15.3. The second-order valence-corrected chi connectivity index (χ2v) is 6.21. The maximum Gasteiger partial charge on any atom is 0.0319 e. The van der Waals surface area contributed by atoms with Gasteiger partial charge in [-0.15, -0.1) is 0 Å².